The first kappa shape index (κ1) is 14.8. The van der Waals surface area contributed by atoms with Crippen molar-refractivity contribution in [1.29, 1.82) is 0 Å². The highest BCUT2D eigenvalue weighted by atomic mass is 16.5. The van der Waals surface area contributed by atoms with E-state index in [-0.39, 0.29) is 0 Å². The lowest BCUT2D eigenvalue weighted by atomic mass is 9.71. The quantitative estimate of drug-likeness (QED) is 0.891. The summed E-state index contributed by atoms with van der Waals surface area (Å²) in [4.78, 5) is 4.26. The van der Waals surface area contributed by atoms with Crippen LogP contribution in [0.15, 0.2) is 18.5 Å². The largest absolute Gasteiger partial charge is 0.488 e. The van der Waals surface area contributed by atoms with E-state index < -0.39 is 0 Å². The second-order valence-corrected chi connectivity index (χ2v) is 7.79. The van der Waals surface area contributed by atoms with Crippen LogP contribution in [-0.2, 0) is 6.54 Å². The summed E-state index contributed by atoms with van der Waals surface area (Å²) in [5, 5.41) is 3.57. The van der Waals surface area contributed by atoms with Gasteiger partial charge in [0.2, 0.25) is 0 Å². The number of rotatable bonds is 5. The highest BCUT2D eigenvalue weighted by molar-refractivity contribution is 5.30. The highest BCUT2D eigenvalue weighted by Crippen LogP contribution is 2.40. The average Bonchev–Trinajstić information content (AvgIpc) is 3.19. The lowest BCUT2D eigenvalue weighted by Crippen LogP contribution is -2.34. The number of ether oxygens (including phenoxy) is 1. The molecule has 0 aromatic carbocycles. The summed E-state index contributed by atoms with van der Waals surface area (Å²) in [6.45, 7) is 7.96. The van der Waals surface area contributed by atoms with E-state index >= 15 is 0 Å². The Bertz CT molecular complexity index is 482. The van der Waals surface area contributed by atoms with E-state index in [4.69, 9.17) is 4.74 Å². The van der Waals surface area contributed by atoms with E-state index in [2.05, 4.69) is 37.1 Å². The molecule has 2 saturated carbocycles. The topological polar surface area (TPSA) is 34.1 Å². The van der Waals surface area contributed by atoms with Gasteiger partial charge in [-0.05, 0) is 49.5 Å². The molecule has 0 amide bonds. The van der Waals surface area contributed by atoms with E-state index in [0.717, 1.165) is 37.1 Å². The Labute approximate surface area is 128 Å². The predicted octanol–water partition coefficient (Wildman–Crippen LogP) is 3.93. The lowest BCUT2D eigenvalue weighted by molar-refractivity contribution is 0.0553. The number of nitrogens with one attached hydrogen (secondary N) is 1. The molecule has 0 saturated heterocycles. The third-order valence-corrected chi connectivity index (χ3v) is 4.67. The summed E-state index contributed by atoms with van der Waals surface area (Å²) in [6.07, 6.45) is 10.3. The molecule has 0 spiro atoms. The molecule has 2 aliphatic carbocycles. The molecule has 1 aromatic rings. The van der Waals surface area contributed by atoms with E-state index in [1.54, 1.807) is 0 Å². The predicted molar refractivity (Wildman–Crippen MR) is 85.3 cm³/mol. The molecule has 0 radical (unpaired) electrons. The fraction of sp³-hybridized carbons (Fsp3) is 0.722. The Morgan fingerprint density at radius 2 is 2.14 bits per heavy atom. The van der Waals surface area contributed by atoms with Gasteiger partial charge in [0, 0.05) is 24.3 Å². The minimum atomic E-state index is 0.327. The van der Waals surface area contributed by atoms with Crippen LogP contribution in [0.3, 0.4) is 0 Å². The Morgan fingerprint density at radius 1 is 1.33 bits per heavy atom. The van der Waals surface area contributed by atoms with Crippen LogP contribution in [0.25, 0.3) is 0 Å². The van der Waals surface area contributed by atoms with Crippen LogP contribution < -0.4 is 10.1 Å². The van der Waals surface area contributed by atoms with Gasteiger partial charge in [-0.3, -0.25) is 4.98 Å². The van der Waals surface area contributed by atoms with Gasteiger partial charge in [-0.15, -0.1) is 0 Å². The molecule has 3 rings (SSSR count). The molecule has 3 nitrogen and oxygen atoms in total. The van der Waals surface area contributed by atoms with E-state index in [1.807, 2.05) is 12.4 Å². The van der Waals surface area contributed by atoms with Gasteiger partial charge in [0.25, 0.3) is 0 Å². The molecule has 21 heavy (non-hydrogen) atoms. The van der Waals surface area contributed by atoms with Crippen LogP contribution in [0, 0.1) is 11.3 Å². The molecular weight excluding hydrogens is 260 g/mol. The molecule has 3 heteroatoms. The molecule has 1 heterocycles. The first-order chi connectivity index (χ1) is 10.0. The number of aromatic nitrogens is 1. The van der Waals surface area contributed by atoms with Crippen molar-refractivity contribution in [2.75, 3.05) is 0 Å². The standard InChI is InChI=1S/C18H28N2O/c1-13-8-16(10-18(2,3)9-13)21-17-12-19-7-6-14(17)11-20-15-4-5-15/h6-7,12-13,15-16,20H,4-5,8-11H2,1-3H3. The zero-order valence-corrected chi connectivity index (χ0v) is 13.6. The zero-order valence-electron chi connectivity index (χ0n) is 13.6. The third kappa shape index (κ3) is 4.19. The maximum absolute atomic E-state index is 6.34. The van der Waals surface area contributed by atoms with Gasteiger partial charge in [0.15, 0.2) is 0 Å². The van der Waals surface area contributed by atoms with Crippen LogP contribution in [-0.4, -0.2) is 17.1 Å². The second-order valence-electron chi connectivity index (χ2n) is 7.79. The van der Waals surface area contributed by atoms with Gasteiger partial charge in [0.05, 0.1) is 12.3 Å². The molecule has 116 valence electrons. The fourth-order valence-corrected chi connectivity index (χ4v) is 3.73. The van der Waals surface area contributed by atoms with Crippen molar-refractivity contribution in [2.24, 2.45) is 11.3 Å². The smallest absolute Gasteiger partial charge is 0.142 e. The number of hydrogen-bond donors (Lipinski definition) is 1. The number of hydrogen-bond acceptors (Lipinski definition) is 3. The zero-order chi connectivity index (χ0) is 14.9. The van der Waals surface area contributed by atoms with Crippen LogP contribution in [0.4, 0.5) is 0 Å². The van der Waals surface area contributed by atoms with Gasteiger partial charge in [-0.25, -0.2) is 0 Å². The number of pyridine rings is 1. The van der Waals surface area contributed by atoms with Crippen molar-refractivity contribution >= 4 is 0 Å². The molecule has 2 aliphatic rings. The average molecular weight is 288 g/mol. The van der Waals surface area contributed by atoms with Gasteiger partial charge < -0.3 is 10.1 Å². The molecule has 2 fully saturated rings. The molecule has 1 aromatic heterocycles. The van der Waals surface area contributed by atoms with E-state index in [1.165, 1.54) is 24.8 Å². The molecule has 0 aliphatic heterocycles. The van der Waals surface area contributed by atoms with Crippen LogP contribution in [0.1, 0.15) is 58.4 Å². The molecule has 1 N–H and O–H groups in total. The monoisotopic (exact) mass is 288 g/mol. The van der Waals surface area contributed by atoms with Crippen molar-refractivity contribution in [2.45, 2.75) is 71.6 Å². The van der Waals surface area contributed by atoms with Crippen LogP contribution in [0.5, 0.6) is 5.75 Å². The maximum Gasteiger partial charge on any atom is 0.142 e. The van der Waals surface area contributed by atoms with Gasteiger partial charge in [-0.1, -0.05) is 20.8 Å². The van der Waals surface area contributed by atoms with Gasteiger partial charge >= 0.3 is 0 Å². The van der Waals surface area contributed by atoms with Crippen molar-refractivity contribution in [3.8, 4) is 5.75 Å². The molecular formula is C18H28N2O. The van der Waals surface area contributed by atoms with Crippen molar-refractivity contribution in [3.05, 3.63) is 24.0 Å². The fourth-order valence-electron chi connectivity index (χ4n) is 3.73. The van der Waals surface area contributed by atoms with Crippen molar-refractivity contribution in [1.82, 2.24) is 10.3 Å². The van der Waals surface area contributed by atoms with E-state index in [0.29, 0.717) is 11.5 Å². The first-order valence-corrected chi connectivity index (χ1v) is 8.35. The molecule has 2 unspecified atom stereocenters. The Morgan fingerprint density at radius 3 is 2.86 bits per heavy atom. The molecule has 0 bridgehead atoms. The first-order valence-electron chi connectivity index (χ1n) is 8.35. The lowest BCUT2D eigenvalue weighted by Gasteiger charge is -2.39. The highest BCUT2D eigenvalue weighted by Gasteiger charge is 2.33. The van der Waals surface area contributed by atoms with Crippen molar-refractivity contribution in [3.63, 3.8) is 0 Å². The summed E-state index contributed by atoms with van der Waals surface area (Å²) in [5.74, 6) is 1.71. The minimum absolute atomic E-state index is 0.327. The summed E-state index contributed by atoms with van der Waals surface area (Å²) in [6, 6.07) is 2.81. The van der Waals surface area contributed by atoms with Crippen LogP contribution >= 0.6 is 0 Å². The summed E-state index contributed by atoms with van der Waals surface area (Å²) in [7, 11) is 0. The van der Waals surface area contributed by atoms with Gasteiger partial charge in [0.1, 0.15) is 5.75 Å². The second kappa shape index (κ2) is 5.96. The summed E-state index contributed by atoms with van der Waals surface area (Å²) >= 11 is 0. The third-order valence-electron chi connectivity index (χ3n) is 4.67. The van der Waals surface area contributed by atoms with Crippen molar-refractivity contribution < 1.29 is 4.74 Å². The Balaban J connectivity index is 1.65. The number of nitrogens with zero attached hydrogens (tertiary/aromatic N) is 1. The van der Waals surface area contributed by atoms with E-state index in [9.17, 15) is 0 Å². The summed E-state index contributed by atoms with van der Waals surface area (Å²) < 4.78 is 6.34. The summed E-state index contributed by atoms with van der Waals surface area (Å²) in [5.41, 5.74) is 1.63. The maximum atomic E-state index is 6.34. The van der Waals surface area contributed by atoms with Crippen LogP contribution in [0.2, 0.25) is 0 Å². The SMILES string of the molecule is CC1CC(Oc2cnccc2CNC2CC2)CC(C)(C)C1. The Hall–Kier alpha value is -1.09. The molecule has 2 atom stereocenters. The van der Waals surface area contributed by atoms with Gasteiger partial charge in [-0.2, -0.15) is 0 Å². The Kier molecular flexibility index (Phi) is 4.21. The normalized spacial score (nSPS) is 28.3. The minimum Gasteiger partial charge on any atom is -0.488 e.